The van der Waals surface area contributed by atoms with Crippen LogP contribution in [0.4, 0.5) is 0 Å². The van der Waals surface area contributed by atoms with Gasteiger partial charge < -0.3 is 4.57 Å². The summed E-state index contributed by atoms with van der Waals surface area (Å²) in [5.74, 6) is 0.878. The summed E-state index contributed by atoms with van der Waals surface area (Å²) < 4.78 is 1.83. The number of nitrogens with zero attached hydrogens (tertiary/aromatic N) is 4. The summed E-state index contributed by atoms with van der Waals surface area (Å²) in [6.45, 7) is 1.91. The average molecular weight is 226 g/mol. The Morgan fingerprint density at radius 1 is 1.41 bits per heavy atom. The van der Waals surface area contributed by atoms with E-state index < -0.39 is 0 Å². The monoisotopic (exact) mass is 226 g/mol. The maximum atomic E-state index is 9.09. The summed E-state index contributed by atoms with van der Waals surface area (Å²) >= 11 is 0. The van der Waals surface area contributed by atoms with E-state index in [1.54, 1.807) is 6.20 Å². The van der Waals surface area contributed by atoms with Crippen molar-refractivity contribution >= 4 is 0 Å². The molecule has 0 aliphatic heterocycles. The highest BCUT2D eigenvalue weighted by Gasteiger charge is 2.11. The van der Waals surface area contributed by atoms with Gasteiger partial charge in [0, 0.05) is 19.4 Å². The lowest BCUT2D eigenvalue weighted by molar-refractivity contribution is 0.844. The van der Waals surface area contributed by atoms with Crippen LogP contribution >= 0.6 is 0 Å². The first-order valence-corrected chi connectivity index (χ1v) is 5.53. The molecular formula is C13H14N4. The minimum atomic E-state index is 0.659. The molecule has 0 N–H and O–H groups in total. The van der Waals surface area contributed by atoms with Crippen LogP contribution in [0, 0.1) is 18.3 Å². The zero-order valence-corrected chi connectivity index (χ0v) is 10.0. The molecule has 0 saturated heterocycles. The van der Waals surface area contributed by atoms with Crippen molar-refractivity contribution in [2.45, 2.75) is 19.8 Å². The third kappa shape index (κ3) is 2.34. The molecule has 4 nitrogen and oxygen atoms in total. The SMILES string of the molecule is Cc1nc(CCc2cccnc2)c(C#N)n1C. The minimum absolute atomic E-state index is 0.659. The fraction of sp³-hybridized carbons (Fsp3) is 0.308. The van der Waals surface area contributed by atoms with Crippen LogP contribution in [0.3, 0.4) is 0 Å². The number of hydrogen-bond acceptors (Lipinski definition) is 3. The largest absolute Gasteiger partial charge is 0.323 e. The van der Waals surface area contributed by atoms with Crippen LogP contribution in [0.5, 0.6) is 0 Å². The van der Waals surface area contributed by atoms with Gasteiger partial charge in [-0.3, -0.25) is 4.98 Å². The molecule has 2 heterocycles. The van der Waals surface area contributed by atoms with E-state index >= 15 is 0 Å². The summed E-state index contributed by atoms with van der Waals surface area (Å²) in [6.07, 6.45) is 5.24. The summed E-state index contributed by atoms with van der Waals surface area (Å²) in [7, 11) is 1.87. The van der Waals surface area contributed by atoms with E-state index in [4.69, 9.17) is 5.26 Å². The van der Waals surface area contributed by atoms with Crippen molar-refractivity contribution in [1.82, 2.24) is 14.5 Å². The van der Waals surface area contributed by atoms with Gasteiger partial charge in [-0.2, -0.15) is 5.26 Å². The van der Waals surface area contributed by atoms with Crippen LogP contribution in [0.25, 0.3) is 0 Å². The Labute approximate surface area is 101 Å². The highest BCUT2D eigenvalue weighted by molar-refractivity contribution is 5.30. The second-order valence-corrected chi connectivity index (χ2v) is 3.99. The molecule has 0 amide bonds. The fourth-order valence-corrected chi connectivity index (χ4v) is 1.80. The maximum absolute atomic E-state index is 9.09. The summed E-state index contributed by atoms with van der Waals surface area (Å²) in [4.78, 5) is 8.49. The quantitative estimate of drug-likeness (QED) is 0.801. The van der Waals surface area contributed by atoms with E-state index in [2.05, 4.69) is 16.0 Å². The van der Waals surface area contributed by atoms with E-state index in [0.717, 1.165) is 24.4 Å². The molecule has 0 atom stereocenters. The minimum Gasteiger partial charge on any atom is -0.323 e. The molecule has 86 valence electrons. The van der Waals surface area contributed by atoms with Gasteiger partial charge in [0.05, 0.1) is 5.69 Å². The lowest BCUT2D eigenvalue weighted by Gasteiger charge is -1.99. The van der Waals surface area contributed by atoms with Gasteiger partial charge >= 0.3 is 0 Å². The smallest absolute Gasteiger partial charge is 0.143 e. The number of hydrogen-bond donors (Lipinski definition) is 0. The van der Waals surface area contributed by atoms with E-state index in [1.807, 2.05) is 36.9 Å². The number of imidazole rings is 1. The predicted octanol–water partition coefficient (Wildman–Crippen LogP) is 1.78. The maximum Gasteiger partial charge on any atom is 0.143 e. The predicted molar refractivity (Wildman–Crippen MR) is 64.3 cm³/mol. The molecule has 0 aliphatic carbocycles. The van der Waals surface area contributed by atoms with Crippen molar-refractivity contribution in [3.63, 3.8) is 0 Å². The summed E-state index contributed by atoms with van der Waals surface area (Å²) in [5, 5.41) is 9.09. The van der Waals surface area contributed by atoms with Gasteiger partial charge in [0.15, 0.2) is 0 Å². The molecule has 0 bridgehead atoms. The van der Waals surface area contributed by atoms with Crippen LogP contribution in [0.1, 0.15) is 22.8 Å². The van der Waals surface area contributed by atoms with Crippen LogP contribution in [0.15, 0.2) is 24.5 Å². The van der Waals surface area contributed by atoms with Crippen LogP contribution in [0.2, 0.25) is 0 Å². The van der Waals surface area contributed by atoms with E-state index in [9.17, 15) is 0 Å². The molecule has 2 aromatic heterocycles. The topological polar surface area (TPSA) is 54.5 Å². The highest BCUT2D eigenvalue weighted by atomic mass is 15.1. The van der Waals surface area contributed by atoms with Gasteiger partial charge in [-0.1, -0.05) is 6.07 Å². The van der Waals surface area contributed by atoms with Gasteiger partial charge in [0.1, 0.15) is 17.6 Å². The first-order valence-electron chi connectivity index (χ1n) is 5.53. The van der Waals surface area contributed by atoms with Crippen molar-refractivity contribution < 1.29 is 0 Å². The van der Waals surface area contributed by atoms with Crippen molar-refractivity contribution in [1.29, 1.82) is 5.26 Å². The Kier molecular flexibility index (Phi) is 3.20. The molecular weight excluding hydrogens is 212 g/mol. The molecule has 17 heavy (non-hydrogen) atoms. The Morgan fingerprint density at radius 3 is 2.88 bits per heavy atom. The number of aromatic nitrogens is 3. The summed E-state index contributed by atoms with van der Waals surface area (Å²) in [5.41, 5.74) is 2.70. The Balaban J connectivity index is 2.15. The van der Waals surface area contributed by atoms with Crippen molar-refractivity contribution in [2.24, 2.45) is 7.05 Å². The number of nitriles is 1. The second-order valence-electron chi connectivity index (χ2n) is 3.99. The number of pyridine rings is 1. The Morgan fingerprint density at radius 2 is 2.24 bits per heavy atom. The molecule has 4 heteroatoms. The Hall–Kier alpha value is -2.15. The molecule has 0 aliphatic rings. The first kappa shape index (κ1) is 11.3. The first-order chi connectivity index (χ1) is 8.22. The molecule has 2 rings (SSSR count). The van der Waals surface area contributed by atoms with Gasteiger partial charge in [0.25, 0.3) is 0 Å². The van der Waals surface area contributed by atoms with Crippen LogP contribution in [-0.2, 0) is 19.9 Å². The molecule has 0 fully saturated rings. The van der Waals surface area contributed by atoms with Crippen molar-refractivity contribution in [2.75, 3.05) is 0 Å². The second kappa shape index (κ2) is 4.79. The van der Waals surface area contributed by atoms with Gasteiger partial charge in [0.2, 0.25) is 0 Å². The van der Waals surface area contributed by atoms with Gasteiger partial charge in [-0.05, 0) is 31.4 Å². The van der Waals surface area contributed by atoms with E-state index in [0.29, 0.717) is 5.69 Å². The molecule has 0 radical (unpaired) electrons. The van der Waals surface area contributed by atoms with Crippen molar-refractivity contribution in [3.8, 4) is 6.07 Å². The average Bonchev–Trinajstić information content (AvgIpc) is 2.63. The van der Waals surface area contributed by atoms with E-state index in [-0.39, 0.29) is 0 Å². The van der Waals surface area contributed by atoms with E-state index in [1.165, 1.54) is 5.56 Å². The highest BCUT2D eigenvalue weighted by Crippen LogP contribution is 2.11. The standard InChI is InChI=1S/C13H14N4/c1-10-16-12(13(8-14)17(10)2)6-5-11-4-3-7-15-9-11/h3-4,7,9H,5-6H2,1-2H3. The number of rotatable bonds is 3. The number of aryl methyl sites for hydroxylation is 3. The van der Waals surface area contributed by atoms with Crippen molar-refractivity contribution in [3.05, 3.63) is 47.3 Å². The van der Waals surface area contributed by atoms with Crippen LogP contribution < -0.4 is 0 Å². The fourth-order valence-electron chi connectivity index (χ4n) is 1.80. The third-order valence-electron chi connectivity index (χ3n) is 2.87. The van der Waals surface area contributed by atoms with Gasteiger partial charge in [-0.25, -0.2) is 4.98 Å². The Bertz CT molecular complexity index is 549. The molecule has 2 aromatic rings. The molecule has 0 spiro atoms. The molecule has 0 unspecified atom stereocenters. The molecule has 0 aromatic carbocycles. The third-order valence-corrected chi connectivity index (χ3v) is 2.87. The lowest BCUT2D eigenvalue weighted by atomic mass is 10.1. The normalized spacial score (nSPS) is 10.2. The van der Waals surface area contributed by atoms with Gasteiger partial charge in [-0.15, -0.1) is 0 Å². The lowest BCUT2D eigenvalue weighted by Crippen LogP contribution is -1.97. The zero-order valence-electron chi connectivity index (χ0n) is 10.0. The molecule has 0 saturated carbocycles. The zero-order chi connectivity index (χ0) is 12.3. The summed E-state index contributed by atoms with van der Waals surface area (Å²) in [6, 6.07) is 6.16. The van der Waals surface area contributed by atoms with Crippen LogP contribution in [-0.4, -0.2) is 14.5 Å².